The standard InChI is InChI=1S/C21H19FN2O3/c1-12-10-16(13-6-8-14(25)9-7-13)19(17(11-12)21(23)24-26)15-4-3-5-18(22)20(15)27-2/h3-11,25-26H,1-2H3,(H2,23,24). The van der Waals surface area contributed by atoms with Crippen LogP contribution in [0.5, 0.6) is 11.5 Å². The summed E-state index contributed by atoms with van der Waals surface area (Å²) < 4.78 is 19.6. The smallest absolute Gasteiger partial charge is 0.170 e. The third kappa shape index (κ3) is 3.42. The minimum Gasteiger partial charge on any atom is -0.508 e. The molecule has 0 amide bonds. The number of para-hydroxylation sites is 1. The molecule has 0 aliphatic rings. The van der Waals surface area contributed by atoms with E-state index in [1.54, 1.807) is 42.5 Å². The summed E-state index contributed by atoms with van der Waals surface area (Å²) in [4.78, 5) is 0. The summed E-state index contributed by atoms with van der Waals surface area (Å²) in [5.41, 5.74) is 9.81. The molecule has 3 aromatic rings. The molecule has 3 aromatic carbocycles. The second kappa shape index (κ2) is 7.37. The molecule has 5 nitrogen and oxygen atoms in total. The number of oxime groups is 1. The summed E-state index contributed by atoms with van der Waals surface area (Å²) in [6, 6.07) is 14.9. The van der Waals surface area contributed by atoms with Crippen LogP contribution in [0.15, 0.2) is 59.8 Å². The van der Waals surface area contributed by atoms with Crippen LogP contribution in [0.25, 0.3) is 22.3 Å². The molecule has 0 fully saturated rings. The van der Waals surface area contributed by atoms with E-state index in [0.717, 1.165) is 16.7 Å². The number of hydrogen-bond donors (Lipinski definition) is 3. The number of rotatable bonds is 4. The molecule has 0 spiro atoms. The van der Waals surface area contributed by atoms with Crippen molar-refractivity contribution in [1.29, 1.82) is 0 Å². The number of nitrogens with two attached hydrogens (primary N) is 1. The highest BCUT2D eigenvalue weighted by Gasteiger charge is 2.21. The fourth-order valence-corrected chi connectivity index (χ4v) is 3.11. The SMILES string of the molecule is COc1c(F)cccc1-c1c(C(N)=NO)cc(C)cc1-c1ccc(O)cc1. The summed E-state index contributed by atoms with van der Waals surface area (Å²) >= 11 is 0. The summed E-state index contributed by atoms with van der Waals surface area (Å²) in [5.74, 6) is -0.418. The van der Waals surface area contributed by atoms with Crippen molar-refractivity contribution in [2.24, 2.45) is 10.9 Å². The summed E-state index contributed by atoms with van der Waals surface area (Å²) in [6.07, 6.45) is 0. The Labute approximate surface area is 156 Å². The Kier molecular flexibility index (Phi) is 4.98. The Morgan fingerprint density at radius 1 is 1.07 bits per heavy atom. The number of amidine groups is 1. The van der Waals surface area contributed by atoms with E-state index in [1.165, 1.54) is 13.2 Å². The molecular formula is C21H19FN2O3. The summed E-state index contributed by atoms with van der Waals surface area (Å²) in [5, 5.41) is 22.0. The first kappa shape index (κ1) is 18.3. The highest BCUT2D eigenvalue weighted by Crippen LogP contribution is 2.41. The van der Waals surface area contributed by atoms with Gasteiger partial charge < -0.3 is 20.8 Å². The number of halogens is 1. The molecular weight excluding hydrogens is 347 g/mol. The molecule has 6 heteroatoms. The lowest BCUT2D eigenvalue weighted by molar-refractivity contribution is 0.318. The normalized spacial score (nSPS) is 11.4. The fourth-order valence-electron chi connectivity index (χ4n) is 3.11. The zero-order valence-electron chi connectivity index (χ0n) is 14.9. The molecule has 0 bridgehead atoms. The zero-order valence-corrected chi connectivity index (χ0v) is 14.9. The van der Waals surface area contributed by atoms with Crippen LogP contribution in [0, 0.1) is 12.7 Å². The number of phenols is 1. The van der Waals surface area contributed by atoms with E-state index in [4.69, 9.17) is 10.5 Å². The average molecular weight is 366 g/mol. The third-order valence-electron chi connectivity index (χ3n) is 4.29. The zero-order chi connectivity index (χ0) is 19.6. The number of aromatic hydroxyl groups is 1. The van der Waals surface area contributed by atoms with Gasteiger partial charge in [-0.2, -0.15) is 0 Å². The summed E-state index contributed by atoms with van der Waals surface area (Å²) in [7, 11) is 1.39. The first-order valence-electron chi connectivity index (χ1n) is 8.21. The van der Waals surface area contributed by atoms with Crippen molar-refractivity contribution >= 4 is 5.84 Å². The van der Waals surface area contributed by atoms with Crippen molar-refractivity contribution in [3.8, 4) is 33.8 Å². The number of hydrogen-bond acceptors (Lipinski definition) is 4. The predicted molar refractivity (Wildman–Crippen MR) is 103 cm³/mol. The number of benzene rings is 3. The van der Waals surface area contributed by atoms with Crippen molar-refractivity contribution < 1.29 is 19.4 Å². The lowest BCUT2D eigenvalue weighted by Crippen LogP contribution is -2.15. The minimum atomic E-state index is -0.516. The summed E-state index contributed by atoms with van der Waals surface area (Å²) in [6.45, 7) is 1.88. The molecule has 0 atom stereocenters. The number of ether oxygens (including phenoxy) is 1. The minimum absolute atomic E-state index is 0.0633. The van der Waals surface area contributed by atoms with E-state index in [-0.39, 0.29) is 17.3 Å². The van der Waals surface area contributed by atoms with E-state index in [2.05, 4.69) is 5.16 Å². The number of nitrogens with zero attached hydrogens (tertiary/aromatic N) is 1. The Morgan fingerprint density at radius 3 is 2.41 bits per heavy atom. The van der Waals surface area contributed by atoms with Crippen LogP contribution in [0.3, 0.4) is 0 Å². The van der Waals surface area contributed by atoms with Crippen molar-refractivity contribution in [2.75, 3.05) is 7.11 Å². The van der Waals surface area contributed by atoms with Crippen LogP contribution in [-0.4, -0.2) is 23.3 Å². The van der Waals surface area contributed by atoms with Gasteiger partial charge in [0.05, 0.1) is 7.11 Å². The molecule has 0 radical (unpaired) electrons. The van der Waals surface area contributed by atoms with Gasteiger partial charge in [0.25, 0.3) is 0 Å². The molecule has 3 rings (SSSR count). The van der Waals surface area contributed by atoms with Crippen molar-refractivity contribution in [3.05, 3.63) is 71.5 Å². The van der Waals surface area contributed by atoms with Gasteiger partial charge >= 0.3 is 0 Å². The van der Waals surface area contributed by atoms with Crippen molar-refractivity contribution in [2.45, 2.75) is 6.92 Å². The molecule has 138 valence electrons. The van der Waals surface area contributed by atoms with Crippen LogP contribution in [0.1, 0.15) is 11.1 Å². The lowest BCUT2D eigenvalue weighted by atomic mass is 9.88. The van der Waals surface area contributed by atoms with Crippen LogP contribution in [-0.2, 0) is 0 Å². The Balaban J connectivity index is 2.43. The van der Waals surface area contributed by atoms with Gasteiger partial charge in [0.15, 0.2) is 17.4 Å². The molecule has 0 aromatic heterocycles. The highest BCUT2D eigenvalue weighted by molar-refractivity contribution is 6.07. The molecule has 0 unspecified atom stereocenters. The Bertz CT molecular complexity index is 1010. The van der Waals surface area contributed by atoms with E-state index in [0.29, 0.717) is 16.7 Å². The Hall–Kier alpha value is -3.54. The van der Waals surface area contributed by atoms with Crippen LogP contribution >= 0.6 is 0 Å². The molecule has 0 saturated heterocycles. The maximum absolute atomic E-state index is 14.3. The lowest BCUT2D eigenvalue weighted by Gasteiger charge is -2.19. The van der Waals surface area contributed by atoms with Gasteiger partial charge in [-0.25, -0.2) is 4.39 Å². The van der Waals surface area contributed by atoms with Crippen LogP contribution in [0.4, 0.5) is 4.39 Å². The molecule has 0 saturated carbocycles. The van der Waals surface area contributed by atoms with Gasteiger partial charge in [-0.05, 0) is 47.9 Å². The van der Waals surface area contributed by atoms with Gasteiger partial charge in [0.2, 0.25) is 0 Å². The van der Waals surface area contributed by atoms with E-state index < -0.39 is 5.82 Å². The quantitative estimate of drug-likeness (QED) is 0.278. The number of methoxy groups -OCH3 is 1. The average Bonchev–Trinajstić information content (AvgIpc) is 2.67. The maximum atomic E-state index is 14.3. The Morgan fingerprint density at radius 2 is 1.78 bits per heavy atom. The van der Waals surface area contributed by atoms with Crippen LogP contribution in [0.2, 0.25) is 0 Å². The third-order valence-corrected chi connectivity index (χ3v) is 4.29. The molecule has 0 aliphatic heterocycles. The number of phenolic OH excluding ortho intramolecular Hbond substituents is 1. The van der Waals surface area contributed by atoms with E-state index in [9.17, 15) is 14.7 Å². The van der Waals surface area contributed by atoms with Crippen molar-refractivity contribution in [3.63, 3.8) is 0 Å². The van der Waals surface area contributed by atoms with Gasteiger partial charge in [0.1, 0.15) is 5.75 Å². The van der Waals surface area contributed by atoms with Gasteiger partial charge in [0, 0.05) is 16.7 Å². The van der Waals surface area contributed by atoms with Crippen molar-refractivity contribution in [1.82, 2.24) is 0 Å². The van der Waals surface area contributed by atoms with Gasteiger partial charge in [-0.3, -0.25) is 0 Å². The molecule has 27 heavy (non-hydrogen) atoms. The molecule has 0 aliphatic carbocycles. The fraction of sp³-hybridized carbons (Fsp3) is 0.0952. The van der Waals surface area contributed by atoms with Gasteiger partial charge in [-0.1, -0.05) is 35.5 Å². The first-order valence-corrected chi connectivity index (χ1v) is 8.21. The maximum Gasteiger partial charge on any atom is 0.170 e. The highest BCUT2D eigenvalue weighted by atomic mass is 19.1. The largest absolute Gasteiger partial charge is 0.508 e. The molecule has 0 heterocycles. The van der Waals surface area contributed by atoms with E-state index >= 15 is 0 Å². The topological polar surface area (TPSA) is 88.1 Å². The second-order valence-electron chi connectivity index (χ2n) is 6.09. The first-order chi connectivity index (χ1) is 13.0. The van der Waals surface area contributed by atoms with Gasteiger partial charge in [-0.15, -0.1) is 0 Å². The van der Waals surface area contributed by atoms with Crippen LogP contribution < -0.4 is 10.5 Å². The number of aryl methyl sites for hydroxylation is 1. The molecule has 4 N–H and O–H groups in total. The monoisotopic (exact) mass is 366 g/mol. The second-order valence-corrected chi connectivity index (χ2v) is 6.09. The predicted octanol–water partition coefficient (Wildman–Crippen LogP) is 4.28. The van der Waals surface area contributed by atoms with E-state index in [1.807, 2.05) is 13.0 Å².